The van der Waals surface area contributed by atoms with E-state index in [0.29, 0.717) is 197 Å². The molecule has 4 aromatic rings. The normalized spacial score (nSPS) is 15.2. The molecule has 0 bridgehead atoms. The molecule has 2 aromatic heterocycles. The number of nitrogens with two attached hydrogens (primary N) is 1. The van der Waals surface area contributed by atoms with Gasteiger partial charge in [0.1, 0.15) is 23.5 Å². The van der Waals surface area contributed by atoms with Crippen LogP contribution in [0.1, 0.15) is 121 Å². The Labute approximate surface area is 581 Å². The van der Waals surface area contributed by atoms with Crippen LogP contribution < -0.4 is 42.4 Å². The Morgan fingerprint density at radius 2 is 1.24 bits per heavy atom. The molecule has 2 aromatic carbocycles. The number of unbranched alkanes of at least 4 members (excludes halogenated alkanes) is 2. The lowest BCUT2D eigenvalue weighted by atomic mass is 10.00. The summed E-state index contributed by atoms with van der Waals surface area (Å²) in [4.78, 5) is 87.1. The summed E-state index contributed by atoms with van der Waals surface area (Å²) in [7, 11) is 0. The molecule has 27 nitrogen and oxygen atoms in total. The predicted octanol–water partition coefficient (Wildman–Crippen LogP) is 4.99. The number of aromatic nitrogens is 2. The maximum atomic E-state index is 13.8. The fraction of sp³-hybridized carbons (Fsp3) is 0.586. The number of aliphatic carboxylic acids is 1. The Morgan fingerprint density at radius 1 is 0.633 bits per heavy atom. The molecule has 2 unspecified atom stereocenters. The van der Waals surface area contributed by atoms with E-state index in [1.54, 1.807) is 18.2 Å². The van der Waals surface area contributed by atoms with Crippen LogP contribution in [0.5, 0.6) is 5.75 Å². The number of amides is 3. The minimum atomic E-state index is -1.23. The number of anilines is 1. The Kier molecular flexibility index (Phi) is 40.8. The standard InChI is InChI=1S/C70H104N10O17S/c1-51(2)45-54-17-15-52(16-18-54)9-7-14-64(81)73-26-5-4-12-62(68(86)87)79-66(83)60(78-65(82)24-31-90-37-41-95-42-38-91-33-25-71)11-3-6-27-74-70(98)77-55-21-19-53(20-22-55)23-32-97-59-47-57(76-63(48-59)69(88)89)49-80-30-36-94-40-39-92-34-28-72-29-35-93-43-44-96-50-58(80)46-56-10-8-13-61(75-56)67(84)85/h8,10,13,15-22,47-48,51,58,60,62,72H,3-7,9,11-12,14,23-46,49-50,71H2,1-2H3,(H,73,81)(H,78,82)(H,79,83)(H,84,85)(H,86,87)(H,88,89)(H2,74,77,98)/t58-,60?,62?/m0/s1. The summed E-state index contributed by atoms with van der Waals surface area (Å²) < 4.78 is 46.1. The van der Waals surface area contributed by atoms with Gasteiger partial charge in [-0.3, -0.25) is 19.3 Å². The highest BCUT2D eigenvalue weighted by atomic mass is 32.1. The number of carboxylic acid groups (broad SMARTS) is 3. The highest BCUT2D eigenvalue weighted by Crippen LogP contribution is 2.21. The van der Waals surface area contributed by atoms with Gasteiger partial charge < -0.3 is 90.8 Å². The van der Waals surface area contributed by atoms with Gasteiger partial charge in [0.05, 0.1) is 105 Å². The number of carbonyl (C=O) groups excluding carboxylic acids is 3. The molecule has 3 atom stereocenters. The third-order valence-electron chi connectivity index (χ3n) is 15.4. The van der Waals surface area contributed by atoms with Crippen molar-refractivity contribution in [1.82, 2.24) is 41.5 Å². The zero-order valence-electron chi connectivity index (χ0n) is 56.9. The summed E-state index contributed by atoms with van der Waals surface area (Å²) in [5.41, 5.74) is 10.2. The fourth-order valence-corrected chi connectivity index (χ4v) is 10.6. The SMILES string of the molecule is CC(C)Cc1ccc(CCCC(=O)NCCCCC(NC(=O)C(CCCCNC(=S)Nc2ccc(CCOc3cc(CN4CCOCCOCCNCCOCCOC[C@@H]4Cc4cccc(C(=O)O)n4)nc(C(=O)O)c3)cc2)NC(=O)CCOCCOCCOCCN)C(=O)O)cc1. The number of hydrogen-bond acceptors (Lipinski definition) is 20. The summed E-state index contributed by atoms with van der Waals surface area (Å²) in [5, 5.41) is 48.3. The van der Waals surface area contributed by atoms with Gasteiger partial charge in [0.15, 0.2) is 10.8 Å². The van der Waals surface area contributed by atoms with Crippen molar-refractivity contribution in [1.29, 1.82) is 0 Å². The van der Waals surface area contributed by atoms with E-state index in [1.807, 2.05) is 24.3 Å². The monoisotopic (exact) mass is 1390 g/mol. The van der Waals surface area contributed by atoms with Gasteiger partial charge in [-0.2, -0.15) is 0 Å². The molecule has 0 aliphatic carbocycles. The maximum absolute atomic E-state index is 13.8. The second kappa shape index (κ2) is 49.2. The van der Waals surface area contributed by atoms with Crippen LogP contribution in [0.2, 0.25) is 0 Å². The minimum absolute atomic E-state index is 0.0410. The summed E-state index contributed by atoms with van der Waals surface area (Å²) in [6.45, 7) is 12.4. The van der Waals surface area contributed by atoms with Crippen LogP contribution in [0.3, 0.4) is 0 Å². The van der Waals surface area contributed by atoms with Gasteiger partial charge in [-0.15, -0.1) is 0 Å². The van der Waals surface area contributed by atoms with E-state index in [-0.39, 0.29) is 75.6 Å². The molecule has 5 rings (SSSR count). The Bertz CT molecular complexity index is 2970. The zero-order valence-corrected chi connectivity index (χ0v) is 57.8. The molecule has 11 N–H and O–H groups in total. The van der Waals surface area contributed by atoms with E-state index in [0.717, 1.165) is 18.4 Å². The van der Waals surface area contributed by atoms with Crippen molar-refractivity contribution in [3.8, 4) is 5.75 Å². The van der Waals surface area contributed by atoms with Gasteiger partial charge >= 0.3 is 17.9 Å². The number of benzene rings is 2. The van der Waals surface area contributed by atoms with Crippen molar-refractivity contribution in [2.45, 2.75) is 122 Å². The van der Waals surface area contributed by atoms with Crippen LogP contribution >= 0.6 is 12.2 Å². The molecule has 3 heterocycles. The molecule has 28 heteroatoms. The second-order valence-electron chi connectivity index (χ2n) is 24.0. The molecule has 0 saturated carbocycles. The van der Waals surface area contributed by atoms with Gasteiger partial charge in [-0.05, 0) is 117 Å². The molecule has 98 heavy (non-hydrogen) atoms. The molecule has 1 saturated heterocycles. The van der Waals surface area contributed by atoms with Gasteiger partial charge in [0.25, 0.3) is 0 Å². The van der Waals surface area contributed by atoms with Crippen molar-refractivity contribution >= 4 is 58.6 Å². The van der Waals surface area contributed by atoms with E-state index < -0.39 is 41.8 Å². The van der Waals surface area contributed by atoms with E-state index >= 15 is 0 Å². The zero-order chi connectivity index (χ0) is 70.4. The van der Waals surface area contributed by atoms with Crippen molar-refractivity contribution in [2.24, 2.45) is 11.7 Å². The number of hydrogen-bond donors (Lipinski definition) is 10. The van der Waals surface area contributed by atoms with Crippen molar-refractivity contribution in [3.05, 3.63) is 118 Å². The predicted molar refractivity (Wildman–Crippen MR) is 373 cm³/mol. The number of carbonyl (C=O) groups is 6. The van der Waals surface area contributed by atoms with Crippen LogP contribution in [-0.4, -0.2) is 227 Å². The van der Waals surface area contributed by atoms with Gasteiger partial charge in [0, 0.05) is 101 Å². The smallest absolute Gasteiger partial charge is 0.354 e. The topological polar surface area (TPSA) is 364 Å². The average molecular weight is 1390 g/mol. The van der Waals surface area contributed by atoms with Crippen molar-refractivity contribution < 1.29 is 82.0 Å². The highest BCUT2D eigenvalue weighted by molar-refractivity contribution is 7.80. The number of nitrogens with zero attached hydrogens (tertiary/aromatic N) is 3. The van der Waals surface area contributed by atoms with E-state index in [1.165, 1.54) is 23.3 Å². The number of aryl methyl sites for hydroxylation is 1. The number of rotatable bonds is 42. The number of ether oxygens (including phenoxy) is 8. The van der Waals surface area contributed by atoms with Crippen LogP contribution in [0.25, 0.3) is 0 Å². The Balaban J connectivity index is 1.10. The molecule has 1 aliphatic heterocycles. The van der Waals surface area contributed by atoms with E-state index in [9.17, 15) is 44.1 Å². The first kappa shape index (κ1) is 81.3. The third kappa shape index (κ3) is 35.9. The third-order valence-corrected chi connectivity index (χ3v) is 15.7. The fourth-order valence-electron chi connectivity index (χ4n) is 10.3. The van der Waals surface area contributed by atoms with Gasteiger partial charge in [0.2, 0.25) is 17.7 Å². The lowest BCUT2D eigenvalue weighted by molar-refractivity contribution is -0.142. The number of aromatic carboxylic acids is 2. The summed E-state index contributed by atoms with van der Waals surface area (Å²) in [5.74, 6) is -3.84. The van der Waals surface area contributed by atoms with Gasteiger partial charge in [-0.25, -0.2) is 24.4 Å². The summed E-state index contributed by atoms with van der Waals surface area (Å²) in [6.07, 6.45) is 5.91. The van der Waals surface area contributed by atoms with Crippen molar-refractivity contribution in [2.75, 3.05) is 144 Å². The molecular formula is C70H104N10O17S. The number of carboxylic acids is 3. The van der Waals surface area contributed by atoms with Crippen molar-refractivity contribution in [3.63, 3.8) is 0 Å². The molecule has 1 fully saturated rings. The summed E-state index contributed by atoms with van der Waals surface area (Å²) in [6, 6.07) is 21.4. The van der Waals surface area contributed by atoms with Crippen LogP contribution in [-0.2, 0) is 84.6 Å². The minimum Gasteiger partial charge on any atom is -0.493 e. The largest absolute Gasteiger partial charge is 0.493 e. The molecule has 3 amide bonds. The Hall–Kier alpha value is -7.35. The van der Waals surface area contributed by atoms with Crippen LogP contribution in [0.15, 0.2) is 78.9 Å². The number of pyridine rings is 2. The van der Waals surface area contributed by atoms with E-state index in [4.69, 9.17) is 55.8 Å². The number of thiocarbonyl (C=S) groups is 1. The van der Waals surface area contributed by atoms with E-state index in [2.05, 4.69) is 84.9 Å². The molecule has 1 aliphatic rings. The average Bonchev–Trinajstić information content (AvgIpc) is 0.856. The molecule has 0 spiro atoms. The maximum Gasteiger partial charge on any atom is 0.354 e. The quantitative estimate of drug-likeness (QED) is 0.0206. The lowest BCUT2D eigenvalue weighted by Crippen LogP contribution is -2.51. The first-order chi connectivity index (χ1) is 47.5. The lowest BCUT2D eigenvalue weighted by Gasteiger charge is -2.31. The second-order valence-corrected chi connectivity index (χ2v) is 24.4. The first-order valence-corrected chi connectivity index (χ1v) is 34.5. The molecule has 0 radical (unpaired) electrons. The first-order valence-electron chi connectivity index (χ1n) is 34.1. The Morgan fingerprint density at radius 3 is 1.92 bits per heavy atom. The van der Waals surface area contributed by atoms with Gasteiger partial charge in [-0.1, -0.05) is 56.3 Å². The summed E-state index contributed by atoms with van der Waals surface area (Å²) >= 11 is 5.60. The highest BCUT2D eigenvalue weighted by Gasteiger charge is 2.27. The number of nitrogens with one attached hydrogen (secondary N) is 6. The molecule has 542 valence electrons. The van der Waals surface area contributed by atoms with Crippen LogP contribution in [0.4, 0.5) is 5.69 Å². The van der Waals surface area contributed by atoms with Crippen LogP contribution in [0, 0.1) is 5.92 Å². The molecular weight excluding hydrogens is 1280 g/mol.